The van der Waals surface area contributed by atoms with Crippen molar-refractivity contribution in [2.24, 2.45) is 4.99 Å². The molecule has 0 spiro atoms. The number of carbonyl (C=O) groups excluding carboxylic acids is 2. The molecule has 0 saturated heterocycles. The molecule has 2 N–H and O–H groups in total. The molecule has 3 aromatic carbocycles. The summed E-state index contributed by atoms with van der Waals surface area (Å²) in [5, 5.41) is 5.71. The van der Waals surface area contributed by atoms with Crippen molar-refractivity contribution in [1.29, 1.82) is 0 Å². The number of methoxy groups -OCH3 is 1. The summed E-state index contributed by atoms with van der Waals surface area (Å²) in [6.45, 7) is 0. The van der Waals surface area contributed by atoms with E-state index in [1.165, 1.54) is 13.2 Å². The van der Waals surface area contributed by atoms with Gasteiger partial charge in [0.05, 0.1) is 24.1 Å². The van der Waals surface area contributed by atoms with Gasteiger partial charge in [-0.2, -0.15) is 0 Å². The third-order valence-electron chi connectivity index (χ3n) is 4.75. The molecule has 1 aliphatic rings. The maximum absolute atomic E-state index is 14.6. The Morgan fingerprint density at radius 2 is 1.84 bits per heavy atom. The summed E-state index contributed by atoms with van der Waals surface area (Å²) in [5.41, 5.74) is 1.47. The van der Waals surface area contributed by atoms with Gasteiger partial charge in [-0.25, -0.2) is 9.38 Å². The van der Waals surface area contributed by atoms with Crippen molar-refractivity contribution < 1.29 is 18.7 Å². The van der Waals surface area contributed by atoms with E-state index in [-0.39, 0.29) is 16.8 Å². The molecule has 156 valence electrons. The van der Waals surface area contributed by atoms with Crippen molar-refractivity contribution in [3.63, 3.8) is 0 Å². The zero-order valence-corrected chi connectivity index (χ0v) is 17.1. The van der Waals surface area contributed by atoms with E-state index in [0.717, 1.165) is 0 Å². The molecule has 1 unspecified atom stereocenters. The fourth-order valence-corrected chi connectivity index (χ4v) is 3.45. The molecule has 8 heteroatoms. The number of hydrogen-bond donors (Lipinski definition) is 2. The third-order valence-corrected chi connectivity index (χ3v) is 4.98. The van der Waals surface area contributed by atoms with E-state index in [9.17, 15) is 14.0 Å². The Bertz CT molecular complexity index is 1210. The molecular formula is C23H17ClFN3O3. The lowest BCUT2D eigenvalue weighted by atomic mass is 10.00. The fraction of sp³-hybridized carbons (Fsp3) is 0.0870. The van der Waals surface area contributed by atoms with Crippen LogP contribution in [0.2, 0.25) is 5.02 Å². The van der Waals surface area contributed by atoms with E-state index in [1.807, 2.05) is 0 Å². The number of benzodiazepines with no additional fused rings is 1. The van der Waals surface area contributed by atoms with E-state index >= 15 is 0 Å². The molecule has 1 atom stereocenters. The first-order valence-electron chi connectivity index (χ1n) is 9.35. The van der Waals surface area contributed by atoms with Crippen LogP contribution in [0.4, 0.5) is 10.1 Å². The Hall–Kier alpha value is -3.71. The molecule has 1 aliphatic heterocycles. The van der Waals surface area contributed by atoms with E-state index in [4.69, 9.17) is 16.3 Å². The molecule has 0 saturated carbocycles. The van der Waals surface area contributed by atoms with Gasteiger partial charge in [0, 0.05) is 16.1 Å². The molecule has 2 amide bonds. The number of aliphatic imine (C=N–C) groups is 1. The van der Waals surface area contributed by atoms with Crippen molar-refractivity contribution in [3.05, 3.63) is 94.3 Å². The number of ether oxygens (including phenoxy) is 1. The fourth-order valence-electron chi connectivity index (χ4n) is 3.28. The van der Waals surface area contributed by atoms with E-state index in [2.05, 4.69) is 15.6 Å². The second-order valence-corrected chi connectivity index (χ2v) is 7.15. The molecule has 31 heavy (non-hydrogen) atoms. The Labute approximate surface area is 182 Å². The number of benzene rings is 3. The second kappa shape index (κ2) is 8.57. The third kappa shape index (κ3) is 4.13. The number of para-hydroxylation sites is 1. The Balaban J connectivity index is 1.79. The van der Waals surface area contributed by atoms with E-state index < -0.39 is 23.8 Å². The molecule has 4 rings (SSSR count). The highest BCUT2D eigenvalue weighted by Crippen LogP contribution is 2.28. The summed E-state index contributed by atoms with van der Waals surface area (Å²) in [6, 6.07) is 17.5. The predicted octanol–water partition coefficient (Wildman–Crippen LogP) is 4.03. The first-order chi connectivity index (χ1) is 15.0. The largest absolute Gasteiger partial charge is 0.496 e. The number of amides is 2. The zero-order chi connectivity index (χ0) is 22.0. The summed E-state index contributed by atoms with van der Waals surface area (Å²) in [7, 11) is 1.44. The van der Waals surface area contributed by atoms with Gasteiger partial charge in [-0.3, -0.25) is 9.59 Å². The number of nitrogens with zero attached hydrogens (tertiary/aromatic N) is 1. The van der Waals surface area contributed by atoms with Crippen LogP contribution in [0.3, 0.4) is 0 Å². The second-order valence-electron chi connectivity index (χ2n) is 6.71. The van der Waals surface area contributed by atoms with Gasteiger partial charge in [0.25, 0.3) is 11.8 Å². The number of nitrogens with one attached hydrogen (secondary N) is 2. The summed E-state index contributed by atoms with van der Waals surface area (Å²) >= 11 is 6.15. The number of carbonyl (C=O) groups is 2. The first kappa shape index (κ1) is 20.6. The van der Waals surface area contributed by atoms with Crippen molar-refractivity contribution in [2.45, 2.75) is 6.17 Å². The van der Waals surface area contributed by atoms with Gasteiger partial charge in [0.1, 0.15) is 11.6 Å². The van der Waals surface area contributed by atoms with Crippen LogP contribution in [0.5, 0.6) is 5.75 Å². The average Bonchev–Trinajstić information content (AvgIpc) is 2.90. The Kier molecular flexibility index (Phi) is 5.68. The molecule has 0 radical (unpaired) electrons. The number of rotatable bonds is 4. The molecule has 1 heterocycles. The van der Waals surface area contributed by atoms with Gasteiger partial charge in [0.15, 0.2) is 0 Å². The van der Waals surface area contributed by atoms with E-state index in [0.29, 0.717) is 22.0 Å². The number of anilines is 1. The summed E-state index contributed by atoms with van der Waals surface area (Å²) < 4.78 is 19.8. The average molecular weight is 438 g/mol. The summed E-state index contributed by atoms with van der Waals surface area (Å²) in [5.74, 6) is -1.30. The smallest absolute Gasteiger partial charge is 0.269 e. The van der Waals surface area contributed by atoms with Crippen LogP contribution < -0.4 is 15.4 Å². The van der Waals surface area contributed by atoms with E-state index in [1.54, 1.807) is 60.7 Å². The van der Waals surface area contributed by atoms with Crippen LogP contribution in [0.25, 0.3) is 0 Å². The Morgan fingerprint density at radius 1 is 1.10 bits per heavy atom. The lowest BCUT2D eigenvalue weighted by molar-refractivity contribution is -0.117. The summed E-state index contributed by atoms with van der Waals surface area (Å²) in [6.07, 6.45) is -1.31. The molecule has 0 bridgehead atoms. The predicted molar refractivity (Wildman–Crippen MR) is 116 cm³/mol. The number of hydrogen-bond acceptors (Lipinski definition) is 4. The maximum atomic E-state index is 14.6. The Morgan fingerprint density at radius 3 is 2.61 bits per heavy atom. The molecule has 6 nitrogen and oxygen atoms in total. The standard InChI is InChI=1S/C23H17ClFN3O3/c1-31-19-9-5-3-7-15(19)22(29)28-21-23(30)26-18-11-10-13(24)12-16(18)20(27-21)14-6-2-4-8-17(14)25/h2-12,21H,1H3,(H,26,30)(H,28,29). The van der Waals surface area contributed by atoms with Crippen molar-refractivity contribution >= 4 is 34.8 Å². The lowest BCUT2D eigenvalue weighted by Crippen LogP contribution is -2.42. The van der Waals surface area contributed by atoms with Gasteiger partial charge in [-0.05, 0) is 42.5 Å². The van der Waals surface area contributed by atoms with Gasteiger partial charge < -0.3 is 15.4 Å². The molecule has 0 fully saturated rings. The highest BCUT2D eigenvalue weighted by atomic mass is 35.5. The molecule has 0 aliphatic carbocycles. The van der Waals surface area contributed by atoms with Gasteiger partial charge in [0.2, 0.25) is 6.17 Å². The van der Waals surface area contributed by atoms with Crippen LogP contribution in [0, 0.1) is 5.82 Å². The molecule has 0 aromatic heterocycles. The maximum Gasteiger partial charge on any atom is 0.269 e. The van der Waals surface area contributed by atoms with Crippen LogP contribution in [-0.2, 0) is 4.79 Å². The van der Waals surface area contributed by atoms with Crippen molar-refractivity contribution in [1.82, 2.24) is 5.32 Å². The minimum absolute atomic E-state index is 0.180. The van der Waals surface area contributed by atoms with Crippen LogP contribution in [0.1, 0.15) is 21.5 Å². The normalized spacial score (nSPS) is 15.3. The topological polar surface area (TPSA) is 79.8 Å². The summed E-state index contributed by atoms with van der Waals surface area (Å²) in [4.78, 5) is 30.1. The number of fused-ring (bicyclic) bond motifs is 1. The SMILES string of the molecule is COc1ccccc1C(=O)NC1N=C(c2ccccc2F)c2cc(Cl)ccc2NC1=O. The van der Waals surface area contributed by atoms with Crippen LogP contribution in [-0.4, -0.2) is 30.8 Å². The molecule has 3 aromatic rings. The minimum Gasteiger partial charge on any atom is -0.496 e. The first-order valence-corrected chi connectivity index (χ1v) is 9.73. The lowest BCUT2D eigenvalue weighted by Gasteiger charge is -2.15. The van der Waals surface area contributed by atoms with Crippen molar-refractivity contribution in [3.8, 4) is 5.75 Å². The van der Waals surface area contributed by atoms with Gasteiger partial charge >= 0.3 is 0 Å². The highest BCUT2D eigenvalue weighted by molar-refractivity contribution is 6.32. The van der Waals surface area contributed by atoms with Crippen molar-refractivity contribution in [2.75, 3.05) is 12.4 Å². The quantitative estimate of drug-likeness (QED) is 0.646. The minimum atomic E-state index is -1.31. The van der Waals surface area contributed by atoms with Crippen LogP contribution >= 0.6 is 11.6 Å². The number of halogens is 2. The monoisotopic (exact) mass is 437 g/mol. The highest BCUT2D eigenvalue weighted by Gasteiger charge is 2.29. The zero-order valence-electron chi connectivity index (χ0n) is 16.4. The van der Waals surface area contributed by atoms with Gasteiger partial charge in [-0.15, -0.1) is 0 Å². The molecular weight excluding hydrogens is 421 g/mol. The van der Waals surface area contributed by atoms with Crippen LogP contribution in [0.15, 0.2) is 71.7 Å². The van der Waals surface area contributed by atoms with Gasteiger partial charge in [-0.1, -0.05) is 35.9 Å².